The van der Waals surface area contributed by atoms with Crippen LogP contribution in [0.5, 0.6) is 0 Å². The normalized spacial score (nSPS) is 12.2. The molecule has 1 N–H and O–H groups in total. The fourth-order valence-corrected chi connectivity index (χ4v) is 4.35. The average Bonchev–Trinajstić information content (AvgIpc) is 3.05. The highest BCUT2D eigenvalue weighted by atomic mass is 35.5. The Balaban J connectivity index is 1.76. The number of carbonyl (C=O) groups is 1. The van der Waals surface area contributed by atoms with Gasteiger partial charge in [-0.25, -0.2) is 0 Å². The predicted octanol–water partition coefficient (Wildman–Crippen LogP) is 5.85. The van der Waals surface area contributed by atoms with Crippen LogP contribution in [-0.4, -0.2) is 20.7 Å². The van der Waals surface area contributed by atoms with Crippen molar-refractivity contribution in [3.8, 4) is 0 Å². The zero-order valence-electron chi connectivity index (χ0n) is 17.3. The molecule has 30 heavy (non-hydrogen) atoms. The highest BCUT2D eigenvalue weighted by molar-refractivity contribution is 7.98. The quantitative estimate of drug-likeness (QED) is 0.447. The first-order valence-electron chi connectivity index (χ1n) is 9.59. The molecule has 1 aromatic heterocycles. The molecule has 2 aromatic carbocycles. The lowest BCUT2D eigenvalue weighted by atomic mass is 10.0. The molecule has 0 aliphatic rings. The number of aromatic nitrogens is 3. The third kappa shape index (κ3) is 5.36. The van der Waals surface area contributed by atoms with Crippen molar-refractivity contribution in [2.24, 2.45) is 13.0 Å². The van der Waals surface area contributed by atoms with Crippen LogP contribution in [0.2, 0.25) is 10.0 Å². The van der Waals surface area contributed by atoms with Crippen molar-refractivity contribution >= 4 is 40.9 Å². The first kappa shape index (κ1) is 22.7. The molecular formula is C22H24Cl2N4OS. The van der Waals surface area contributed by atoms with E-state index in [1.165, 1.54) is 11.1 Å². The lowest BCUT2D eigenvalue weighted by Gasteiger charge is -2.22. The van der Waals surface area contributed by atoms with Gasteiger partial charge in [0.1, 0.15) is 0 Å². The Hall–Kier alpha value is -2.02. The van der Waals surface area contributed by atoms with Crippen LogP contribution in [0.1, 0.15) is 47.2 Å². The Morgan fingerprint density at radius 1 is 1.13 bits per heavy atom. The van der Waals surface area contributed by atoms with Gasteiger partial charge in [-0.2, -0.15) is 0 Å². The second-order valence-corrected chi connectivity index (χ2v) is 9.28. The molecule has 0 aliphatic carbocycles. The summed E-state index contributed by atoms with van der Waals surface area (Å²) in [6.07, 6.45) is 0. The molecule has 3 aromatic rings. The molecule has 0 aliphatic heterocycles. The smallest absolute Gasteiger partial charge is 0.253 e. The summed E-state index contributed by atoms with van der Waals surface area (Å²) >= 11 is 13.8. The van der Waals surface area contributed by atoms with E-state index in [1.807, 2.05) is 25.5 Å². The standard InChI is InChI=1S/C22H24Cl2N4OS/c1-13(2)19(25-21(29)17-10-9-16(23)11-18(17)24)20-26-27-22(28(20)4)30-12-15-7-5-14(3)6-8-15/h5-11,13,19H,12H2,1-4H3,(H,25,29). The van der Waals surface area contributed by atoms with Crippen molar-refractivity contribution in [3.63, 3.8) is 0 Å². The number of amides is 1. The van der Waals surface area contributed by atoms with Crippen molar-refractivity contribution in [1.29, 1.82) is 0 Å². The van der Waals surface area contributed by atoms with Gasteiger partial charge in [0, 0.05) is 17.8 Å². The number of carbonyl (C=O) groups excluding carboxylic acids is 1. The maximum absolute atomic E-state index is 12.8. The van der Waals surface area contributed by atoms with Gasteiger partial charge in [0.2, 0.25) is 0 Å². The summed E-state index contributed by atoms with van der Waals surface area (Å²) in [4.78, 5) is 12.8. The van der Waals surface area contributed by atoms with E-state index in [1.54, 1.807) is 30.0 Å². The van der Waals surface area contributed by atoms with Gasteiger partial charge in [0.05, 0.1) is 16.6 Å². The van der Waals surface area contributed by atoms with E-state index in [0.29, 0.717) is 21.4 Å². The summed E-state index contributed by atoms with van der Waals surface area (Å²) in [7, 11) is 1.92. The molecule has 5 nitrogen and oxygen atoms in total. The van der Waals surface area contributed by atoms with Crippen molar-refractivity contribution < 1.29 is 4.79 Å². The zero-order chi connectivity index (χ0) is 21.8. The summed E-state index contributed by atoms with van der Waals surface area (Å²) in [5.74, 6) is 1.34. The Kier molecular flexibility index (Phi) is 7.45. The molecule has 158 valence electrons. The molecular weight excluding hydrogens is 439 g/mol. The molecule has 0 fully saturated rings. The van der Waals surface area contributed by atoms with Crippen molar-refractivity contribution in [2.75, 3.05) is 0 Å². The van der Waals surface area contributed by atoms with Gasteiger partial charge in [-0.1, -0.05) is 78.6 Å². The van der Waals surface area contributed by atoms with Gasteiger partial charge in [-0.15, -0.1) is 10.2 Å². The van der Waals surface area contributed by atoms with Crippen LogP contribution in [0.4, 0.5) is 0 Å². The minimum atomic E-state index is -0.310. The van der Waals surface area contributed by atoms with Crippen molar-refractivity contribution in [1.82, 2.24) is 20.1 Å². The molecule has 0 spiro atoms. The van der Waals surface area contributed by atoms with Crippen LogP contribution in [0.25, 0.3) is 0 Å². The van der Waals surface area contributed by atoms with E-state index in [9.17, 15) is 4.79 Å². The van der Waals surface area contributed by atoms with E-state index in [0.717, 1.165) is 10.9 Å². The Labute approximate surface area is 191 Å². The summed E-state index contributed by atoms with van der Waals surface area (Å²) < 4.78 is 1.94. The Morgan fingerprint density at radius 2 is 1.83 bits per heavy atom. The number of hydrogen-bond donors (Lipinski definition) is 1. The van der Waals surface area contributed by atoms with E-state index in [4.69, 9.17) is 23.2 Å². The molecule has 8 heteroatoms. The van der Waals surface area contributed by atoms with Gasteiger partial charge < -0.3 is 9.88 Å². The van der Waals surface area contributed by atoms with Gasteiger partial charge in [-0.3, -0.25) is 4.79 Å². The lowest BCUT2D eigenvalue weighted by Crippen LogP contribution is -2.33. The summed E-state index contributed by atoms with van der Waals surface area (Å²) in [5, 5.41) is 13.4. The van der Waals surface area contributed by atoms with Gasteiger partial charge in [-0.05, 0) is 36.6 Å². The molecule has 3 rings (SSSR count). The maximum atomic E-state index is 12.8. The van der Waals surface area contributed by atoms with Crippen LogP contribution in [0, 0.1) is 12.8 Å². The lowest BCUT2D eigenvalue weighted by molar-refractivity contribution is 0.0922. The fraction of sp³-hybridized carbons (Fsp3) is 0.318. The van der Waals surface area contributed by atoms with Crippen LogP contribution < -0.4 is 5.32 Å². The largest absolute Gasteiger partial charge is 0.342 e. The second kappa shape index (κ2) is 9.86. The van der Waals surface area contributed by atoms with Gasteiger partial charge in [0.25, 0.3) is 5.91 Å². The molecule has 0 radical (unpaired) electrons. The number of halogens is 2. The highest BCUT2D eigenvalue weighted by Crippen LogP contribution is 2.27. The maximum Gasteiger partial charge on any atom is 0.253 e. The van der Waals surface area contributed by atoms with Crippen LogP contribution >= 0.6 is 35.0 Å². The van der Waals surface area contributed by atoms with Crippen molar-refractivity contribution in [3.05, 3.63) is 75.0 Å². The molecule has 1 atom stereocenters. The van der Waals surface area contributed by atoms with Crippen molar-refractivity contribution in [2.45, 2.75) is 37.7 Å². The number of benzene rings is 2. The average molecular weight is 463 g/mol. The highest BCUT2D eigenvalue weighted by Gasteiger charge is 2.26. The summed E-state index contributed by atoms with van der Waals surface area (Å²) in [5.41, 5.74) is 2.84. The molecule has 1 heterocycles. The third-order valence-electron chi connectivity index (χ3n) is 4.76. The fourth-order valence-electron chi connectivity index (χ4n) is 2.98. The van der Waals surface area contributed by atoms with Gasteiger partial charge in [0.15, 0.2) is 11.0 Å². The van der Waals surface area contributed by atoms with Crippen LogP contribution in [0.15, 0.2) is 47.6 Å². The molecule has 1 unspecified atom stereocenters. The molecule has 1 amide bonds. The summed E-state index contributed by atoms with van der Waals surface area (Å²) in [6.45, 7) is 6.13. The number of hydrogen-bond acceptors (Lipinski definition) is 4. The molecule has 0 saturated carbocycles. The minimum absolute atomic E-state index is 0.109. The SMILES string of the molecule is Cc1ccc(CSc2nnc(C(NC(=O)c3ccc(Cl)cc3Cl)C(C)C)n2C)cc1. The van der Waals surface area contributed by atoms with E-state index >= 15 is 0 Å². The number of nitrogens with one attached hydrogen (secondary N) is 1. The molecule has 0 saturated heterocycles. The first-order chi connectivity index (χ1) is 14.3. The number of aryl methyl sites for hydroxylation is 1. The number of thioether (sulfide) groups is 1. The number of nitrogens with zero attached hydrogens (tertiary/aromatic N) is 3. The molecule has 0 bridgehead atoms. The summed E-state index contributed by atoms with van der Waals surface area (Å²) in [6, 6.07) is 13.0. The monoisotopic (exact) mass is 462 g/mol. The van der Waals surface area contributed by atoms with Crippen LogP contribution in [-0.2, 0) is 12.8 Å². The predicted molar refractivity (Wildman–Crippen MR) is 123 cm³/mol. The second-order valence-electron chi connectivity index (χ2n) is 7.49. The third-order valence-corrected chi connectivity index (χ3v) is 6.40. The van der Waals surface area contributed by atoms with E-state index in [-0.39, 0.29) is 17.9 Å². The zero-order valence-corrected chi connectivity index (χ0v) is 19.6. The van der Waals surface area contributed by atoms with Crippen LogP contribution in [0.3, 0.4) is 0 Å². The topological polar surface area (TPSA) is 59.8 Å². The van der Waals surface area contributed by atoms with Gasteiger partial charge >= 0.3 is 0 Å². The van der Waals surface area contributed by atoms with E-state index < -0.39 is 0 Å². The first-order valence-corrected chi connectivity index (χ1v) is 11.3. The number of rotatable bonds is 7. The Bertz CT molecular complexity index is 1030. The Morgan fingerprint density at radius 3 is 2.47 bits per heavy atom. The minimum Gasteiger partial charge on any atom is -0.342 e. The van der Waals surface area contributed by atoms with E-state index in [2.05, 4.69) is 46.7 Å².